The zero-order chi connectivity index (χ0) is 14.3. The molecule has 1 fully saturated rings. The first-order valence-electron chi connectivity index (χ1n) is 7.01. The Kier molecular flexibility index (Phi) is 6.80. The summed E-state index contributed by atoms with van der Waals surface area (Å²) in [6.07, 6.45) is 2.96. The van der Waals surface area contributed by atoms with Gasteiger partial charge in [-0.2, -0.15) is 0 Å². The molecule has 0 aromatic rings. The Balaban J connectivity index is 2.29. The third-order valence-electron chi connectivity index (χ3n) is 3.28. The number of carbonyl (C=O) groups excluding carboxylic acids is 2. The van der Waals surface area contributed by atoms with Crippen molar-refractivity contribution >= 4 is 11.8 Å². The van der Waals surface area contributed by atoms with E-state index in [2.05, 4.69) is 10.2 Å². The van der Waals surface area contributed by atoms with Gasteiger partial charge >= 0.3 is 0 Å². The number of nitrogens with one attached hydrogen (secondary N) is 1. The number of likely N-dealkylation sites (tertiary alicyclic amines) is 1. The average molecular weight is 270 g/mol. The third kappa shape index (κ3) is 6.02. The van der Waals surface area contributed by atoms with Crippen LogP contribution in [0.4, 0.5) is 0 Å². The molecule has 1 atom stereocenters. The SMILES string of the molecule is CCCNC(=O)CN(C)C(=O)CN1CCCC(N)C1. The van der Waals surface area contributed by atoms with Crippen molar-refractivity contribution in [2.75, 3.05) is 39.8 Å². The van der Waals surface area contributed by atoms with Crippen LogP contribution in [0.15, 0.2) is 0 Å². The molecule has 0 saturated carbocycles. The Morgan fingerprint density at radius 1 is 1.47 bits per heavy atom. The van der Waals surface area contributed by atoms with E-state index in [-0.39, 0.29) is 24.4 Å². The maximum atomic E-state index is 12.0. The summed E-state index contributed by atoms with van der Waals surface area (Å²) in [6.45, 7) is 4.80. The molecule has 1 rings (SSSR count). The van der Waals surface area contributed by atoms with Crippen LogP contribution in [-0.4, -0.2) is 67.4 Å². The third-order valence-corrected chi connectivity index (χ3v) is 3.28. The van der Waals surface area contributed by atoms with Gasteiger partial charge in [0.2, 0.25) is 11.8 Å². The number of rotatable bonds is 6. The van der Waals surface area contributed by atoms with Crippen molar-refractivity contribution in [1.82, 2.24) is 15.1 Å². The van der Waals surface area contributed by atoms with E-state index in [4.69, 9.17) is 5.73 Å². The molecule has 1 heterocycles. The number of nitrogens with two attached hydrogens (primary N) is 1. The van der Waals surface area contributed by atoms with Crippen LogP contribution in [0.3, 0.4) is 0 Å². The Bertz CT molecular complexity index is 309. The molecule has 6 nitrogen and oxygen atoms in total. The summed E-state index contributed by atoms with van der Waals surface area (Å²) in [5, 5.41) is 2.76. The Morgan fingerprint density at radius 3 is 2.84 bits per heavy atom. The predicted molar refractivity (Wildman–Crippen MR) is 74.6 cm³/mol. The van der Waals surface area contributed by atoms with Crippen LogP contribution in [-0.2, 0) is 9.59 Å². The van der Waals surface area contributed by atoms with Crippen molar-refractivity contribution in [3.05, 3.63) is 0 Å². The summed E-state index contributed by atoms with van der Waals surface area (Å²) in [5.74, 6) is -0.131. The number of likely N-dealkylation sites (N-methyl/N-ethyl adjacent to an activating group) is 1. The lowest BCUT2D eigenvalue weighted by atomic mass is 10.1. The predicted octanol–water partition coefficient (Wildman–Crippen LogP) is -0.606. The lowest BCUT2D eigenvalue weighted by Crippen LogP contribution is -2.48. The van der Waals surface area contributed by atoms with Crippen molar-refractivity contribution in [1.29, 1.82) is 0 Å². The zero-order valence-electron chi connectivity index (χ0n) is 12.0. The molecule has 19 heavy (non-hydrogen) atoms. The van der Waals surface area contributed by atoms with Crippen LogP contribution in [0.2, 0.25) is 0 Å². The van der Waals surface area contributed by atoms with E-state index >= 15 is 0 Å². The number of hydrogen-bond donors (Lipinski definition) is 2. The Hall–Kier alpha value is -1.14. The molecule has 1 aliphatic heterocycles. The van der Waals surface area contributed by atoms with Crippen LogP contribution < -0.4 is 11.1 Å². The summed E-state index contributed by atoms with van der Waals surface area (Å²) in [4.78, 5) is 27.1. The molecule has 1 unspecified atom stereocenters. The first kappa shape index (κ1) is 15.9. The quantitative estimate of drug-likeness (QED) is 0.675. The van der Waals surface area contributed by atoms with Crippen LogP contribution in [0, 0.1) is 0 Å². The highest BCUT2D eigenvalue weighted by Gasteiger charge is 2.21. The van der Waals surface area contributed by atoms with E-state index in [1.54, 1.807) is 7.05 Å². The van der Waals surface area contributed by atoms with Gasteiger partial charge in [0.05, 0.1) is 13.1 Å². The summed E-state index contributed by atoms with van der Waals surface area (Å²) < 4.78 is 0. The van der Waals surface area contributed by atoms with Crippen molar-refractivity contribution in [2.24, 2.45) is 5.73 Å². The highest BCUT2D eigenvalue weighted by Crippen LogP contribution is 2.07. The molecule has 0 aromatic heterocycles. The Morgan fingerprint density at radius 2 is 2.21 bits per heavy atom. The minimum Gasteiger partial charge on any atom is -0.355 e. The zero-order valence-corrected chi connectivity index (χ0v) is 12.0. The molecular formula is C13H26N4O2. The number of piperidine rings is 1. The maximum absolute atomic E-state index is 12.0. The van der Waals surface area contributed by atoms with Gasteiger partial charge < -0.3 is 16.0 Å². The lowest BCUT2D eigenvalue weighted by molar-refractivity contribution is -0.135. The maximum Gasteiger partial charge on any atom is 0.239 e. The number of hydrogen-bond acceptors (Lipinski definition) is 4. The molecule has 110 valence electrons. The van der Waals surface area contributed by atoms with Crippen molar-refractivity contribution in [3.63, 3.8) is 0 Å². The van der Waals surface area contributed by atoms with Crippen molar-refractivity contribution in [2.45, 2.75) is 32.2 Å². The Labute approximate surface area is 115 Å². The van der Waals surface area contributed by atoms with Gasteiger partial charge in [0, 0.05) is 26.2 Å². The first-order chi connectivity index (χ1) is 9.02. The van der Waals surface area contributed by atoms with Gasteiger partial charge in [0.25, 0.3) is 0 Å². The smallest absolute Gasteiger partial charge is 0.239 e. The summed E-state index contributed by atoms with van der Waals surface area (Å²) in [7, 11) is 1.66. The van der Waals surface area contributed by atoms with Crippen molar-refractivity contribution in [3.8, 4) is 0 Å². The van der Waals surface area contributed by atoms with E-state index in [0.29, 0.717) is 13.1 Å². The largest absolute Gasteiger partial charge is 0.355 e. The monoisotopic (exact) mass is 270 g/mol. The van der Waals surface area contributed by atoms with E-state index in [9.17, 15) is 9.59 Å². The van der Waals surface area contributed by atoms with Crippen LogP contribution in [0.5, 0.6) is 0 Å². The second-order valence-corrected chi connectivity index (χ2v) is 5.24. The highest BCUT2D eigenvalue weighted by atomic mass is 16.2. The van der Waals surface area contributed by atoms with Crippen molar-refractivity contribution < 1.29 is 9.59 Å². The number of carbonyl (C=O) groups is 2. The molecule has 0 bridgehead atoms. The summed E-state index contributed by atoms with van der Waals surface area (Å²) >= 11 is 0. The minimum absolute atomic E-state index is 0.0271. The van der Waals surface area contributed by atoms with Crippen LogP contribution >= 0.6 is 0 Å². The van der Waals surface area contributed by atoms with E-state index < -0.39 is 0 Å². The molecule has 1 aliphatic rings. The van der Waals surface area contributed by atoms with Gasteiger partial charge in [0.15, 0.2) is 0 Å². The lowest BCUT2D eigenvalue weighted by Gasteiger charge is -2.31. The number of nitrogens with zero attached hydrogens (tertiary/aromatic N) is 2. The van der Waals surface area contributed by atoms with Gasteiger partial charge in [-0.25, -0.2) is 0 Å². The highest BCUT2D eigenvalue weighted by molar-refractivity contribution is 5.85. The fraction of sp³-hybridized carbons (Fsp3) is 0.846. The molecule has 3 N–H and O–H groups in total. The first-order valence-corrected chi connectivity index (χ1v) is 7.01. The van der Waals surface area contributed by atoms with Gasteiger partial charge in [-0.3, -0.25) is 14.5 Å². The molecule has 0 radical (unpaired) electrons. The fourth-order valence-corrected chi connectivity index (χ4v) is 2.17. The van der Waals surface area contributed by atoms with E-state index in [1.165, 1.54) is 4.90 Å². The average Bonchev–Trinajstić information content (AvgIpc) is 2.36. The van der Waals surface area contributed by atoms with Crippen LogP contribution in [0.1, 0.15) is 26.2 Å². The molecule has 0 aromatic carbocycles. The second kappa shape index (κ2) is 8.12. The second-order valence-electron chi connectivity index (χ2n) is 5.24. The fourth-order valence-electron chi connectivity index (χ4n) is 2.17. The van der Waals surface area contributed by atoms with Gasteiger partial charge in [-0.15, -0.1) is 0 Å². The molecule has 0 spiro atoms. The molecule has 2 amide bonds. The topological polar surface area (TPSA) is 78.7 Å². The van der Waals surface area contributed by atoms with E-state index in [1.807, 2.05) is 6.92 Å². The molecular weight excluding hydrogens is 244 g/mol. The summed E-state index contributed by atoms with van der Waals surface area (Å²) in [5.41, 5.74) is 5.88. The standard InChI is InChI=1S/C13H26N4O2/c1-3-6-15-12(18)9-16(2)13(19)10-17-7-4-5-11(14)8-17/h11H,3-10,14H2,1-2H3,(H,15,18). The van der Waals surface area contributed by atoms with E-state index in [0.717, 1.165) is 32.4 Å². The van der Waals surface area contributed by atoms with Gasteiger partial charge in [0.1, 0.15) is 0 Å². The molecule has 6 heteroatoms. The summed E-state index contributed by atoms with van der Waals surface area (Å²) in [6, 6.07) is 0.166. The van der Waals surface area contributed by atoms with Gasteiger partial charge in [-0.05, 0) is 25.8 Å². The minimum atomic E-state index is -0.104. The molecule has 0 aliphatic carbocycles. The normalized spacial score (nSPS) is 20.1. The van der Waals surface area contributed by atoms with Crippen LogP contribution in [0.25, 0.3) is 0 Å². The molecule has 1 saturated heterocycles. The number of amides is 2. The van der Waals surface area contributed by atoms with Gasteiger partial charge in [-0.1, -0.05) is 6.92 Å².